The predicted molar refractivity (Wildman–Crippen MR) is 78.6 cm³/mol. The molecule has 0 saturated carbocycles. The highest BCUT2D eigenvalue weighted by molar-refractivity contribution is 5.87. The summed E-state index contributed by atoms with van der Waals surface area (Å²) in [4.78, 5) is 0. The zero-order chi connectivity index (χ0) is 13.6. The molecule has 1 heterocycles. The maximum Gasteiger partial charge on any atom is 0.119 e. The second kappa shape index (κ2) is 4.22. The Kier molecular flexibility index (Phi) is 2.48. The average molecular weight is 264 g/mol. The number of aryl methyl sites for hydroxylation is 1. The van der Waals surface area contributed by atoms with Gasteiger partial charge in [0.1, 0.15) is 11.4 Å². The van der Waals surface area contributed by atoms with Gasteiger partial charge in [-0.15, -0.1) is 0 Å². The van der Waals surface area contributed by atoms with Gasteiger partial charge < -0.3 is 9.52 Å². The molecule has 2 nitrogen and oxygen atoms in total. The van der Waals surface area contributed by atoms with Gasteiger partial charge in [0.15, 0.2) is 0 Å². The van der Waals surface area contributed by atoms with Crippen LogP contribution >= 0.6 is 0 Å². The molecule has 1 aromatic heterocycles. The van der Waals surface area contributed by atoms with Gasteiger partial charge in [0.05, 0.1) is 6.26 Å². The van der Waals surface area contributed by atoms with Gasteiger partial charge in [-0.05, 0) is 35.2 Å². The molecule has 0 saturated heterocycles. The van der Waals surface area contributed by atoms with E-state index in [4.69, 9.17) is 4.42 Å². The van der Waals surface area contributed by atoms with Gasteiger partial charge in [-0.3, -0.25) is 0 Å². The Labute approximate surface area is 117 Å². The normalized spacial score (nSPS) is 21.9. The number of aliphatic hydroxyl groups is 1. The lowest BCUT2D eigenvalue weighted by atomic mass is 9.76. The fourth-order valence-electron chi connectivity index (χ4n) is 3.41. The highest BCUT2D eigenvalue weighted by atomic mass is 16.3. The molecule has 1 aliphatic rings. The summed E-state index contributed by atoms with van der Waals surface area (Å²) in [6.07, 6.45) is 4.29. The molecule has 0 aliphatic heterocycles. The Bertz CT molecular complexity index is 766. The minimum Gasteiger partial charge on any atom is -0.469 e. The van der Waals surface area contributed by atoms with E-state index in [1.807, 2.05) is 30.3 Å². The van der Waals surface area contributed by atoms with Crippen LogP contribution in [-0.2, 0) is 12.0 Å². The van der Waals surface area contributed by atoms with Crippen molar-refractivity contribution in [3.8, 4) is 0 Å². The molecule has 1 aliphatic carbocycles. The molecule has 1 atom stereocenters. The van der Waals surface area contributed by atoms with Crippen LogP contribution in [0.4, 0.5) is 0 Å². The first-order valence-corrected chi connectivity index (χ1v) is 7.06. The minimum absolute atomic E-state index is 0.744. The van der Waals surface area contributed by atoms with E-state index in [-0.39, 0.29) is 0 Å². The average Bonchev–Trinajstić information content (AvgIpc) is 2.97. The molecule has 20 heavy (non-hydrogen) atoms. The first kappa shape index (κ1) is 11.7. The Balaban J connectivity index is 2.01. The van der Waals surface area contributed by atoms with Crippen LogP contribution in [0, 0.1) is 0 Å². The molecule has 0 amide bonds. The van der Waals surface area contributed by atoms with Crippen LogP contribution < -0.4 is 0 Å². The summed E-state index contributed by atoms with van der Waals surface area (Å²) in [5.74, 6) is 0.923. The lowest BCUT2D eigenvalue weighted by Crippen LogP contribution is -2.31. The van der Waals surface area contributed by atoms with Gasteiger partial charge in [0.25, 0.3) is 0 Å². The summed E-state index contributed by atoms with van der Waals surface area (Å²) in [6.45, 7) is 0. The fourth-order valence-corrected chi connectivity index (χ4v) is 3.41. The lowest BCUT2D eigenvalue weighted by Gasteiger charge is -2.33. The monoisotopic (exact) mass is 264 g/mol. The van der Waals surface area contributed by atoms with Gasteiger partial charge >= 0.3 is 0 Å². The number of hydrogen-bond donors (Lipinski definition) is 1. The van der Waals surface area contributed by atoms with Crippen molar-refractivity contribution in [2.75, 3.05) is 0 Å². The van der Waals surface area contributed by atoms with E-state index in [0.717, 1.165) is 46.9 Å². The Morgan fingerprint density at radius 3 is 2.75 bits per heavy atom. The third kappa shape index (κ3) is 1.55. The van der Waals surface area contributed by atoms with Crippen LogP contribution in [0.3, 0.4) is 0 Å². The standard InChI is InChI=1S/C18H16O2/c19-18(11-4-9-17-16(18)10-12-20-17)15-8-3-6-13-5-1-2-7-14(13)15/h1-3,5-8,10,12,19H,4,9,11H2. The van der Waals surface area contributed by atoms with Crippen LogP contribution in [0.5, 0.6) is 0 Å². The molecule has 2 aromatic carbocycles. The molecule has 2 heteroatoms. The van der Waals surface area contributed by atoms with Gasteiger partial charge in [0, 0.05) is 12.0 Å². The van der Waals surface area contributed by atoms with Crippen molar-refractivity contribution in [2.45, 2.75) is 24.9 Å². The lowest BCUT2D eigenvalue weighted by molar-refractivity contribution is 0.0604. The number of furan rings is 1. The van der Waals surface area contributed by atoms with E-state index in [9.17, 15) is 5.11 Å². The van der Waals surface area contributed by atoms with E-state index < -0.39 is 5.60 Å². The van der Waals surface area contributed by atoms with Crippen LogP contribution in [-0.4, -0.2) is 5.11 Å². The van der Waals surface area contributed by atoms with Gasteiger partial charge in [-0.1, -0.05) is 42.5 Å². The molecule has 3 aromatic rings. The molecular weight excluding hydrogens is 248 g/mol. The largest absolute Gasteiger partial charge is 0.469 e. The zero-order valence-electron chi connectivity index (χ0n) is 11.2. The van der Waals surface area contributed by atoms with E-state index in [0.29, 0.717) is 0 Å². The van der Waals surface area contributed by atoms with Gasteiger partial charge in [0.2, 0.25) is 0 Å². The van der Waals surface area contributed by atoms with E-state index in [1.165, 1.54) is 0 Å². The van der Waals surface area contributed by atoms with Crippen molar-refractivity contribution in [2.24, 2.45) is 0 Å². The Hall–Kier alpha value is -2.06. The summed E-state index contributed by atoms with van der Waals surface area (Å²) >= 11 is 0. The van der Waals surface area contributed by atoms with E-state index in [1.54, 1.807) is 6.26 Å². The Morgan fingerprint density at radius 2 is 1.80 bits per heavy atom. The maximum atomic E-state index is 11.3. The van der Waals surface area contributed by atoms with Crippen molar-refractivity contribution in [3.05, 3.63) is 71.7 Å². The van der Waals surface area contributed by atoms with Gasteiger partial charge in [-0.2, -0.15) is 0 Å². The van der Waals surface area contributed by atoms with Crippen molar-refractivity contribution in [3.63, 3.8) is 0 Å². The smallest absolute Gasteiger partial charge is 0.119 e. The summed E-state index contributed by atoms with van der Waals surface area (Å²) in [5.41, 5.74) is 0.986. The molecular formula is C18H16O2. The summed E-state index contributed by atoms with van der Waals surface area (Å²) in [5, 5.41) is 13.6. The predicted octanol–water partition coefficient (Wildman–Crippen LogP) is 4.01. The van der Waals surface area contributed by atoms with Crippen molar-refractivity contribution in [1.82, 2.24) is 0 Å². The van der Waals surface area contributed by atoms with Crippen LogP contribution in [0.1, 0.15) is 29.7 Å². The van der Waals surface area contributed by atoms with Crippen molar-refractivity contribution >= 4 is 10.8 Å². The second-order valence-corrected chi connectivity index (χ2v) is 5.50. The van der Waals surface area contributed by atoms with Crippen molar-refractivity contribution in [1.29, 1.82) is 0 Å². The Morgan fingerprint density at radius 1 is 0.950 bits per heavy atom. The molecule has 0 radical (unpaired) electrons. The van der Waals surface area contributed by atoms with Gasteiger partial charge in [-0.25, -0.2) is 0 Å². The summed E-state index contributed by atoms with van der Waals surface area (Å²) in [7, 11) is 0. The number of fused-ring (bicyclic) bond motifs is 2. The SMILES string of the molecule is OC1(c2cccc3ccccc23)CCCc2occc21. The molecule has 0 bridgehead atoms. The third-order valence-electron chi connectivity index (χ3n) is 4.37. The summed E-state index contributed by atoms with van der Waals surface area (Å²) < 4.78 is 5.52. The summed E-state index contributed by atoms with van der Waals surface area (Å²) in [6, 6.07) is 16.3. The topological polar surface area (TPSA) is 33.4 Å². The highest BCUT2D eigenvalue weighted by Crippen LogP contribution is 2.43. The first-order chi connectivity index (χ1) is 9.79. The third-order valence-corrected chi connectivity index (χ3v) is 4.37. The highest BCUT2D eigenvalue weighted by Gasteiger charge is 2.38. The molecule has 100 valence electrons. The minimum atomic E-state index is -0.929. The number of hydrogen-bond acceptors (Lipinski definition) is 2. The van der Waals surface area contributed by atoms with Crippen LogP contribution in [0.15, 0.2) is 59.2 Å². The van der Waals surface area contributed by atoms with E-state index >= 15 is 0 Å². The van der Waals surface area contributed by atoms with Crippen LogP contribution in [0.2, 0.25) is 0 Å². The first-order valence-electron chi connectivity index (χ1n) is 7.06. The second-order valence-electron chi connectivity index (χ2n) is 5.50. The quantitative estimate of drug-likeness (QED) is 0.720. The zero-order valence-corrected chi connectivity index (χ0v) is 11.2. The molecule has 1 unspecified atom stereocenters. The van der Waals surface area contributed by atoms with Crippen LogP contribution in [0.25, 0.3) is 10.8 Å². The van der Waals surface area contributed by atoms with E-state index in [2.05, 4.69) is 18.2 Å². The fraction of sp³-hybridized carbons (Fsp3) is 0.222. The number of benzene rings is 2. The number of rotatable bonds is 1. The maximum absolute atomic E-state index is 11.3. The van der Waals surface area contributed by atoms with Crippen molar-refractivity contribution < 1.29 is 9.52 Å². The molecule has 1 N–H and O–H groups in total. The molecule has 4 rings (SSSR count). The molecule has 0 fully saturated rings. The molecule has 0 spiro atoms.